The summed E-state index contributed by atoms with van der Waals surface area (Å²) < 4.78 is 27.2. The predicted octanol–water partition coefficient (Wildman–Crippen LogP) is 2.36. The topological polar surface area (TPSA) is 57.7 Å². The molecule has 23 heavy (non-hydrogen) atoms. The predicted molar refractivity (Wildman–Crippen MR) is 94.7 cm³/mol. The highest BCUT2D eigenvalue weighted by molar-refractivity contribution is 7.99. The minimum absolute atomic E-state index is 0.128. The summed E-state index contributed by atoms with van der Waals surface area (Å²) in [7, 11) is -3.56. The molecule has 2 fully saturated rings. The highest BCUT2D eigenvalue weighted by atomic mass is 32.2. The van der Waals surface area contributed by atoms with E-state index in [9.17, 15) is 13.2 Å². The van der Waals surface area contributed by atoms with E-state index in [1.54, 1.807) is 28.1 Å². The summed E-state index contributed by atoms with van der Waals surface area (Å²) in [5, 5.41) is 1.71. The van der Waals surface area contributed by atoms with Crippen LogP contribution in [0.5, 0.6) is 0 Å². The number of amides is 1. The molecule has 1 amide bonds. The summed E-state index contributed by atoms with van der Waals surface area (Å²) in [6.45, 7) is 4.68. The Labute approximate surface area is 146 Å². The van der Waals surface area contributed by atoms with Crippen LogP contribution in [0.2, 0.25) is 0 Å². The van der Waals surface area contributed by atoms with Gasteiger partial charge in [0, 0.05) is 37.7 Å². The molecule has 0 aromatic carbocycles. The first-order chi connectivity index (χ1) is 11.0. The summed E-state index contributed by atoms with van der Waals surface area (Å²) in [4.78, 5) is 15.1. The fourth-order valence-electron chi connectivity index (χ4n) is 2.94. The first kappa shape index (κ1) is 17.3. The number of rotatable bonds is 3. The number of thiophene rings is 1. The van der Waals surface area contributed by atoms with E-state index in [-0.39, 0.29) is 10.8 Å². The van der Waals surface area contributed by atoms with Gasteiger partial charge in [0.15, 0.2) is 0 Å². The number of nitrogens with zero attached hydrogens (tertiary/aromatic N) is 2. The van der Waals surface area contributed by atoms with E-state index >= 15 is 0 Å². The van der Waals surface area contributed by atoms with Crippen LogP contribution in [-0.2, 0) is 10.0 Å². The molecule has 1 aromatic heterocycles. The first-order valence-corrected chi connectivity index (χ1v) is 11.4. The van der Waals surface area contributed by atoms with Gasteiger partial charge in [0.1, 0.15) is 9.77 Å². The molecule has 0 spiro atoms. The van der Waals surface area contributed by atoms with Crippen LogP contribution in [0.15, 0.2) is 16.3 Å². The van der Waals surface area contributed by atoms with Gasteiger partial charge >= 0.3 is 0 Å². The molecule has 5 nitrogen and oxygen atoms in total. The first-order valence-electron chi connectivity index (χ1n) is 7.95. The van der Waals surface area contributed by atoms with E-state index in [4.69, 9.17) is 0 Å². The SMILES string of the molecule is CC1CCN(C(=O)c2sccc2S(=O)(=O)N2CCSCC2)CC1. The van der Waals surface area contributed by atoms with Crippen molar-refractivity contribution in [2.45, 2.75) is 24.7 Å². The van der Waals surface area contributed by atoms with Crippen molar-refractivity contribution >= 4 is 39.0 Å². The van der Waals surface area contributed by atoms with E-state index in [1.165, 1.54) is 15.6 Å². The van der Waals surface area contributed by atoms with Gasteiger partial charge < -0.3 is 4.90 Å². The zero-order valence-corrected chi connectivity index (χ0v) is 15.7. The third kappa shape index (κ3) is 3.60. The van der Waals surface area contributed by atoms with Crippen molar-refractivity contribution in [1.82, 2.24) is 9.21 Å². The van der Waals surface area contributed by atoms with Gasteiger partial charge in [0.05, 0.1) is 0 Å². The second-order valence-corrected chi connectivity index (χ2v) is 10.2. The lowest BCUT2D eigenvalue weighted by atomic mass is 9.99. The molecule has 0 radical (unpaired) electrons. The zero-order valence-electron chi connectivity index (χ0n) is 13.2. The van der Waals surface area contributed by atoms with Gasteiger partial charge in [-0.05, 0) is 30.2 Å². The number of sulfonamides is 1. The Morgan fingerprint density at radius 1 is 1.17 bits per heavy atom. The van der Waals surface area contributed by atoms with E-state index in [0.29, 0.717) is 23.9 Å². The van der Waals surface area contributed by atoms with E-state index < -0.39 is 10.0 Å². The van der Waals surface area contributed by atoms with Gasteiger partial charge in [0.25, 0.3) is 5.91 Å². The number of piperidine rings is 1. The van der Waals surface area contributed by atoms with Crippen molar-refractivity contribution in [2.24, 2.45) is 5.92 Å². The summed E-state index contributed by atoms with van der Waals surface area (Å²) in [6.07, 6.45) is 1.98. The Bertz CT molecular complexity index is 657. The summed E-state index contributed by atoms with van der Waals surface area (Å²) in [5.74, 6) is 2.14. The Balaban J connectivity index is 1.82. The Kier molecular flexibility index (Phi) is 5.35. The van der Waals surface area contributed by atoms with Crippen molar-refractivity contribution in [3.8, 4) is 0 Å². The molecule has 0 saturated carbocycles. The standard InChI is InChI=1S/C15H22N2O3S3/c1-12-2-5-16(6-3-12)15(18)14-13(4-9-22-14)23(19,20)17-7-10-21-11-8-17/h4,9,12H,2-3,5-8,10-11H2,1H3. The van der Waals surface area contributed by atoms with Crippen LogP contribution in [-0.4, -0.2) is 61.2 Å². The van der Waals surface area contributed by atoms with Gasteiger partial charge in [-0.15, -0.1) is 11.3 Å². The maximum atomic E-state index is 12.9. The molecule has 0 atom stereocenters. The van der Waals surface area contributed by atoms with Crippen LogP contribution in [0.1, 0.15) is 29.4 Å². The van der Waals surface area contributed by atoms with Crippen LogP contribution >= 0.6 is 23.1 Å². The summed E-state index contributed by atoms with van der Waals surface area (Å²) >= 11 is 3.01. The average Bonchev–Trinajstić information content (AvgIpc) is 3.06. The van der Waals surface area contributed by atoms with E-state index in [1.807, 2.05) is 0 Å². The molecule has 0 aliphatic carbocycles. The van der Waals surface area contributed by atoms with Crippen LogP contribution in [0.4, 0.5) is 0 Å². The van der Waals surface area contributed by atoms with Crippen molar-refractivity contribution in [2.75, 3.05) is 37.7 Å². The minimum atomic E-state index is -3.56. The Morgan fingerprint density at radius 2 is 1.83 bits per heavy atom. The lowest BCUT2D eigenvalue weighted by Gasteiger charge is -2.30. The van der Waals surface area contributed by atoms with Gasteiger partial charge in [-0.1, -0.05) is 6.92 Å². The van der Waals surface area contributed by atoms with Crippen molar-refractivity contribution in [3.63, 3.8) is 0 Å². The third-order valence-electron chi connectivity index (χ3n) is 4.48. The molecule has 8 heteroatoms. The van der Waals surface area contributed by atoms with Crippen LogP contribution in [0.25, 0.3) is 0 Å². The number of likely N-dealkylation sites (tertiary alicyclic amines) is 1. The van der Waals surface area contributed by atoms with Gasteiger partial charge in [-0.3, -0.25) is 4.79 Å². The maximum Gasteiger partial charge on any atom is 0.265 e. The molecule has 1 aromatic rings. The van der Waals surface area contributed by atoms with Crippen molar-refractivity contribution in [1.29, 1.82) is 0 Å². The Morgan fingerprint density at radius 3 is 2.48 bits per heavy atom. The largest absolute Gasteiger partial charge is 0.338 e. The molecule has 2 saturated heterocycles. The Hall–Kier alpha value is -0.570. The number of carbonyl (C=O) groups is 1. The molecule has 128 valence electrons. The lowest BCUT2D eigenvalue weighted by Crippen LogP contribution is -2.40. The molecule has 2 aliphatic heterocycles. The normalized spacial score (nSPS) is 21.5. The fraction of sp³-hybridized carbons (Fsp3) is 0.667. The van der Waals surface area contributed by atoms with E-state index in [0.717, 1.165) is 37.4 Å². The minimum Gasteiger partial charge on any atom is -0.338 e. The highest BCUT2D eigenvalue weighted by Crippen LogP contribution is 2.29. The number of hydrogen-bond acceptors (Lipinski definition) is 5. The summed E-state index contributed by atoms with van der Waals surface area (Å²) in [5.41, 5.74) is 0. The maximum absolute atomic E-state index is 12.9. The quantitative estimate of drug-likeness (QED) is 0.815. The molecule has 3 rings (SSSR count). The monoisotopic (exact) mass is 374 g/mol. The van der Waals surface area contributed by atoms with Crippen molar-refractivity contribution < 1.29 is 13.2 Å². The van der Waals surface area contributed by atoms with Gasteiger partial charge in [-0.2, -0.15) is 16.1 Å². The molecular formula is C15H22N2O3S3. The average molecular weight is 375 g/mol. The highest BCUT2D eigenvalue weighted by Gasteiger charge is 2.33. The molecule has 2 aliphatic rings. The van der Waals surface area contributed by atoms with Crippen LogP contribution in [0.3, 0.4) is 0 Å². The third-order valence-corrected chi connectivity index (χ3v) is 8.40. The van der Waals surface area contributed by atoms with E-state index in [2.05, 4.69) is 6.92 Å². The molecule has 3 heterocycles. The zero-order chi connectivity index (χ0) is 16.4. The number of hydrogen-bond donors (Lipinski definition) is 0. The van der Waals surface area contributed by atoms with Gasteiger partial charge in [-0.25, -0.2) is 8.42 Å². The molecule has 0 N–H and O–H groups in total. The fourth-order valence-corrected chi connectivity index (χ4v) is 6.88. The number of thioether (sulfide) groups is 1. The second kappa shape index (κ2) is 7.13. The molecule has 0 unspecified atom stereocenters. The van der Waals surface area contributed by atoms with Crippen LogP contribution in [0, 0.1) is 5.92 Å². The summed E-state index contributed by atoms with van der Waals surface area (Å²) in [6, 6.07) is 1.58. The second-order valence-electron chi connectivity index (χ2n) is 6.11. The smallest absolute Gasteiger partial charge is 0.265 e. The molecular weight excluding hydrogens is 352 g/mol. The molecule has 0 bridgehead atoms. The lowest BCUT2D eigenvalue weighted by molar-refractivity contribution is 0.0698. The van der Waals surface area contributed by atoms with Crippen molar-refractivity contribution in [3.05, 3.63) is 16.3 Å². The van der Waals surface area contributed by atoms with Crippen LogP contribution < -0.4 is 0 Å². The van der Waals surface area contributed by atoms with Gasteiger partial charge in [0.2, 0.25) is 10.0 Å². The number of carbonyl (C=O) groups excluding carboxylic acids is 1.